The maximum atomic E-state index is 13.6. The fraction of sp³-hybridized carbons (Fsp3) is 0.250. The van der Waals surface area contributed by atoms with Gasteiger partial charge < -0.3 is 19.9 Å². The third kappa shape index (κ3) is 6.04. The van der Waals surface area contributed by atoms with Gasteiger partial charge in [0.2, 0.25) is 10.0 Å². The molecule has 0 unspecified atom stereocenters. The molecule has 11 heteroatoms. The van der Waals surface area contributed by atoms with E-state index in [1.165, 1.54) is 13.3 Å². The van der Waals surface area contributed by atoms with Crippen molar-refractivity contribution in [2.45, 2.75) is 26.2 Å². The summed E-state index contributed by atoms with van der Waals surface area (Å²) in [6.07, 6.45) is 4.12. The molecule has 2 heterocycles. The fourth-order valence-electron chi connectivity index (χ4n) is 4.26. The summed E-state index contributed by atoms with van der Waals surface area (Å²) >= 11 is 0. The lowest BCUT2D eigenvalue weighted by atomic mass is 9.86. The number of amides is 2. The summed E-state index contributed by atoms with van der Waals surface area (Å²) in [6, 6.07) is 13.9. The number of para-hydroxylation sites is 1. The minimum Gasteiger partial charge on any atom is -0.492 e. The number of rotatable bonds is 7. The van der Waals surface area contributed by atoms with Crippen molar-refractivity contribution in [3.05, 3.63) is 77.7 Å². The van der Waals surface area contributed by atoms with Crippen molar-refractivity contribution in [1.82, 2.24) is 9.55 Å². The predicted molar refractivity (Wildman–Crippen MR) is 153 cm³/mol. The zero-order chi connectivity index (χ0) is 28.5. The van der Waals surface area contributed by atoms with Crippen LogP contribution < -0.4 is 20.1 Å². The van der Waals surface area contributed by atoms with E-state index in [-0.39, 0.29) is 22.8 Å². The van der Waals surface area contributed by atoms with Crippen LogP contribution in [0.25, 0.3) is 10.9 Å². The Labute approximate surface area is 227 Å². The van der Waals surface area contributed by atoms with Crippen LogP contribution >= 0.6 is 0 Å². The first-order valence-corrected chi connectivity index (χ1v) is 14.0. The molecule has 10 nitrogen and oxygen atoms in total. The Balaban J connectivity index is 1.73. The highest BCUT2D eigenvalue weighted by molar-refractivity contribution is 7.92. The molecule has 0 saturated carbocycles. The zero-order valence-electron chi connectivity index (χ0n) is 22.6. The molecule has 3 N–H and O–H groups in total. The topological polar surface area (TPSA) is 131 Å². The van der Waals surface area contributed by atoms with Gasteiger partial charge in [-0.2, -0.15) is 0 Å². The smallest absolute Gasteiger partial charge is 0.272 e. The molecule has 0 saturated heterocycles. The summed E-state index contributed by atoms with van der Waals surface area (Å²) in [4.78, 5) is 30.3. The second-order valence-corrected chi connectivity index (χ2v) is 12.0. The standard InChI is InChI=1S/C28H31N5O5S/c1-28(2,3)19-14-21(25(38-5)22(15-19)32-39(6,36)37)31-27(35)23-13-17-9-7-11-20(24(17)33(23)4)30-26(34)18-10-8-12-29-16-18/h7-16,32H,1-6H3,(H,30,34)(H,31,35). The number of methoxy groups -OCH3 is 1. The summed E-state index contributed by atoms with van der Waals surface area (Å²) < 4.78 is 33.8. The van der Waals surface area contributed by atoms with Crippen LogP contribution in [0.1, 0.15) is 47.2 Å². The van der Waals surface area contributed by atoms with Crippen molar-refractivity contribution in [1.29, 1.82) is 0 Å². The second-order valence-electron chi connectivity index (χ2n) is 10.2. The average Bonchev–Trinajstić information content (AvgIpc) is 3.20. The van der Waals surface area contributed by atoms with Crippen molar-refractivity contribution in [2.24, 2.45) is 7.05 Å². The van der Waals surface area contributed by atoms with Gasteiger partial charge in [0.15, 0.2) is 5.75 Å². The molecular weight excluding hydrogens is 518 g/mol. The summed E-state index contributed by atoms with van der Waals surface area (Å²) in [5.74, 6) is -0.574. The van der Waals surface area contributed by atoms with E-state index in [1.807, 2.05) is 26.8 Å². The van der Waals surface area contributed by atoms with Crippen LogP contribution in [-0.2, 0) is 22.5 Å². The average molecular weight is 550 g/mol. The molecule has 4 rings (SSSR count). The third-order valence-electron chi connectivity index (χ3n) is 6.16. The number of aromatic nitrogens is 2. The molecule has 0 aliphatic heterocycles. The van der Waals surface area contributed by atoms with Crippen molar-refractivity contribution >= 4 is 49.8 Å². The monoisotopic (exact) mass is 549 g/mol. The number of hydrogen-bond donors (Lipinski definition) is 3. The lowest BCUT2D eigenvalue weighted by Crippen LogP contribution is -2.19. The quantitative estimate of drug-likeness (QED) is 0.305. The number of carbonyl (C=O) groups is 2. The number of sulfonamides is 1. The van der Waals surface area contributed by atoms with E-state index >= 15 is 0 Å². The predicted octanol–water partition coefficient (Wildman–Crippen LogP) is 4.76. The second kappa shape index (κ2) is 10.4. The van der Waals surface area contributed by atoms with E-state index in [0.29, 0.717) is 28.1 Å². The first kappa shape index (κ1) is 27.6. The molecule has 2 aromatic heterocycles. The first-order chi connectivity index (χ1) is 18.3. The van der Waals surface area contributed by atoms with E-state index in [9.17, 15) is 18.0 Å². The molecule has 0 radical (unpaired) electrons. The van der Waals surface area contributed by atoms with Gasteiger partial charge in [0.25, 0.3) is 11.8 Å². The number of nitrogens with zero attached hydrogens (tertiary/aromatic N) is 2. The highest BCUT2D eigenvalue weighted by Crippen LogP contribution is 2.39. The van der Waals surface area contributed by atoms with Crippen LogP contribution in [0, 0.1) is 0 Å². The molecule has 0 spiro atoms. The number of anilines is 3. The Morgan fingerprint density at radius 1 is 0.949 bits per heavy atom. The number of pyridine rings is 1. The van der Waals surface area contributed by atoms with Crippen molar-refractivity contribution in [3.63, 3.8) is 0 Å². The molecule has 0 atom stereocenters. The van der Waals surface area contributed by atoms with E-state index in [0.717, 1.165) is 17.2 Å². The Bertz CT molecular complexity index is 1670. The van der Waals surface area contributed by atoms with E-state index in [1.54, 1.807) is 60.3 Å². The first-order valence-electron chi connectivity index (χ1n) is 12.1. The van der Waals surface area contributed by atoms with Crippen LogP contribution in [0.5, 0.6) is 5.75 Å². The maximum Gasteiger partial charge on any atom is 0.272 e. The summed E-state index contributed by atoms with van der Waals surface area (Å²) in [5, 5.41) is 6.54. The lowest BCUT2D eigenvalue weighted by Gasteiger charge is -2.24. The molecular formula is C28H31N5O5S. The van der Waals surface area contributed by atoms with Crippen LogP contribution in [0.3, 0.4) is 0 Å². The third-order valence-corrected chi connectivity index (χ3v) is 6.75. The van der Waals surface area contributed by atoms with Crippen molar-refractivity contribution in [2.75, 3.05) is 28.7 Å². The maximum absolute atomic E-state index is 13.6. The SMILES string of the molecule is COc1c(NC(=O)c2cc3cccc(NC(=O)c4cccnc4)c3n2C)cc(C(C)(C)C)cc1NS(C)(=O)=O. The number of carbonyl (C=O) groups excluding carboxylic acids is 2. The van der Waals surface area contributed by atoms with E-state index in [2.05, 4.69) is 20.3 Å². The minimum atomic E-state index is -3.61. The highest BCUT2D eigenvalue weighted by atomic mass is 32.2. The summed E-state index contributed by atoms with van der Waals surface area (Å²) in [7, 11) is -0.475. The number of hydrogen-bond acceptors (Lipinski definition) is 6. The van der Waals surface area contributed by atoms with Crippen LogP contribution in [0.4, 0.5) is 17.1 Å². The summed E-state index contributed by atoms with van der Waals surface area (Å²) in [5.41, 5.74) is 2.92. The molecule has 4 aromatic rings. The van der Waals surface area contributed by atoms with Gasteiger partial charge in [-0.05, 0) is 47.4 Å². The van der Waals surface area contributed by atoms with Crippen LogP contribution in [0.2, 0.25) is 0 Å². The fourth-order valence-corrected chi connectivity index (χ4v) is 4.81. The van der Waals surface area contributed by atoms with E-state index < -0.39 is 15.9 Å². The number of aryl methyl sites for hydroxylation is 1. The zero-order valence-corrected chi connectivity index (χ0v) is 23.4. The van der Waals surface area contributed by atoms with Gasteiger partial charge in [0.1, 0.15) is 5.69 Å². The minimum absolute atomic E-state index is 0.185. The number of benzene rings is 2. The van der Waals surface area contributed by atoms with Crippen LogP contribution in [-0.4, -0.2) is 43.1 Å². The molecule has 0 bridgehead atoms. The van der Waals surface area contributed by atoms with Crippen LogP contribution in [0.15, 0.2) is 60.9 Å². The normalized spacial score (nSPS) is 11.7. The van der Waals surface area contributed by atoms with Gasteiger partial charge in [-0.3, -0.25) is 19.3 Å². The molecule has 0 aliphatic carbocycles. The van der Waals surface area contributed by atoms with E-state index in [4.69, 9.17) is 4.74 Å². The highest BCUT2D eigenvalue weighted by Gasteiger charge is 2.24. The largest absolute Gasteiger partial charge is 0.492 e. The molecule has 204 valence electrons. The van der Waals surface area contributed by atoms with Crippen molar-refractivity contribution in [3.8, 4) is 5.75 Å². The summed E-state index contributed by atoms with van der Waals surface area (Å²) in [6.45, 7) is 5.95. The van der Waals surface area contributed by atoms with Gasteiger partial charge in [-0.25, -0.2) is 8.42 Å². The molecule has 0 fully saturated rings. The Morgan fingerprint density at radius 3 is 2.26 bits per heavy atom. The number of ether oxygens (including phenoxy) is 1. The van der Waals surface area contributed by atoms with Gasteiger partial charge in [-0.1, -0.05) is 32.9 Å². The Morgan fingerprint density at radius 2 is 1.64 bits per heavy atom. The van der Waals surface area contributed by atoms with Crippen molar-refractivity contribution < 1.29 is 22.7 Å². The van der Waals surface area contributed by atoms with Gasteiger partial charge in [-0.15, -0.1) is 0 Å². The van der Waals surface area contributed by atoms with Gasteiger partial charge >= 0.3 is 0 Å². The Kier molecular flexibility index (Phi) is 7.38. The molecule has 2 aromatic carbocycles. The van der Waals surface area contributed by atoms with Gasteiger partial charge in [0, 0.05) is 24.8 Å². The molecule has 39 heavy (non-hydrogen) atoms. The Hall–Kier alpha value is -4.38. The number of fused-ring (bicyclic) bond motifs is 1. The lowest BCUT2D eigenvalue weighted by molar-refractivity contribution is 0.101. The number of nitrogens with one attached hydrogen (secondary N) is 3. The van der Waals surface area contributed by atoms with Gasteiger partial charge in [0.05, 0.1) is 41.5 Å². The molecule has 2 amide bonds. The molecule has 0 aliphatic rings.